The lowest BCUT2D eigenvalue weighted by Gasteiger charge is -2.13. The molecule has 144 valence electrons. The minimum Gasteiger partial charge on any atom is -0.493 e. The minimum atomic E-state index is -0.524. The van der Waals surface area contributed by atoms with Gasteiger partial charge in [0.05, 0.1) is 25.0 Å². The van der Waals surface area contributed by atoms with Crippen molar-refractivity contribution in [1.82, 2.24) is 0 Å². The number of amidine groups is 1. The second-order valence-corrected chi connectivity index (χ2v) is 6.08. The Bertz CT molecular complexity index is 758. The quantitative estimate of drug-likeness (QED) is 0.221. The molecule has 0 radical (unpaired) electrons. The minimum absolute atomic E-state index is 0.0169. The fourth-order valence-corrected chi connectivity index (χ4v) is 2.35. The molecule has 2 aromatic rings. The fourth-order valence-electron chi connectivity index (χ4n) is 2.35. The number of hydrogen-bond acceptors (Lipinski definition) is 6. The van der Waals surface area contributed by atoms with E-state index < -0.39 is 6.10 Å². The van der Waals surface area contributed by atoms with E-state index in [1.54, 1.807) is 43.3 Å². The van der Waals surface area contributed by atoms with Gasteiger partial charge in [-0.3, -0.25) is 5.41 Å². The summed E-state index contributed by atoms with van der Waals surface area (Å²) in [7, 11) is 0. The summed E-state index contributed by atoms with van der Waals surface area (Å²) in [4.78, 5) is 0. The molecule has 0 aliphatic rings. The number of hydrogen-bond donors (Lipinski definition) is 4. The number of nitrogens with two attached hydrogens (primary N) is 1. The second kappa shape index (κ2) is 10.2. The summed E-state index contributed by atoms with van der Waals surface area (Å²) in [6.07, 6.45) is 0.457. The molecule has 0 heterocycles. The van der Waals surface area contributed by atoms with E-state index in [0.29, 0.717) is 48.8 Å². The van der Waals surface area contributed by atoms with Crippen LogP contribution in [0.5, 0.6) is 11.5 Å². The van der Waals surface area contributed by atoms with Gasteiger partial charge in [0.15, 0.2) is 0 Å². The van der Waals surface area contributed by atoms with E-state index in [-0.39, 0.29) is 5.84 Å². The van der Waals surface area contributed by atoms with Crippen LogP contribution in [0.2, 0.25) is 0 Å². The van der Waals surface area contributed by atoms with E-state index >= 15 is 0 Å². The summed E-state index contributed by atoms with van der Waals surface area (Å²) in [6.45, 7) is 2.49. The average Bonchev–Trinajstić information content (AvgIpc) is 2.68. The van der Waals surface area contributed by atoms with Gasteiger partial charge in [-0.25, -0.2) is 0 Å². The summed E-state index contributed by atoms with van der Waals surface area (Å²) in [6, 6.07) is 14.2. The Kier molecular flexibility index (Phi) is 7.63. The summed E-state index contributed by atoms with van der Waals surface area (Å²) in [5, 5.41) is 29.3. The number of oxime groups is 1. The molecule has 2 rings (SSSR count). The van der Waals surface area contributed by atoms with Gasteiger partial charge in [0.1, 0.15) is 17.3 Å². The molecule has 0 saturated carbocycles. The molecule has 1 unspecified atom stereocenters. The third kappa shape index (κ3) is 6.63. The standard InChI is InChI=1S/C20H25N3O4/c1-14(23-25)15-2-6-18(7-3-15)26-12-10-17(24)11-13-27-19-8-4-16(5-9-19)20(21)22/h2-9,17,24-25H,10-13H2,1H3,(H3,21,22)/b23-14-. The van der Waals surface area contributed by atoms with Crippen molar-refractivity contribution >= 4 is 11.5 Å². The van der Waals surface area contributed by atoms with Crippen molar-refractivity contribution in [3.63, 3.8) is 0 Å². The number of ether oxygens (including phenoxy) is 2. The van der Waals surface area contributed by atoms with Gasteiger partial charge in [0, 0.05) is 18.4 Å². The van der Waals surface area contributed by atoms with E-state index in [4.69, 9.17) is 25.8 Å². The van der Waals surface area contributed by atoms with Gasteiger partial charge < -0.3 is 25.5 Å². The molecule has 0 aromatic heterocycles. The molecule has 1 atom stereocenters. The van der Waals surface area contributed by atoms with E-state index in [1.807, 2.05) is 12.1 Å². The Morgan fingerprint density at radius 3 is 1.81 bits per heavy atom. The lowest BCUT2D eigenvalue weighted by molar-refractivity contribution is 0.113. The van der Waals surface area contributed by atoms with Gasteiger partial charge >= 0.3 is 0 Å². The predicted molar refractivity (Wildman–Crippen MR) is 104 cm³/mol. The predicted octanol–water partition coefficient (Wildman–Crippen LogP) is 2.77. The van der Waals surface area contributed by atoms with Crippen LogP contribution < -0.4 is 15.2 Å². The van der Waals surface area contributed by atoms with E-state index in [1.165, 1.54) is 0 Å². The SMILES string of the molecule is C/C(=N/O)c1ccc(OCCC(O)CCOc2ccc(C(=N)N)cc2)cc1. The molecule has 0 spiro atoms. The Morgan fingerprint density at radius 1 is 0.963 bits per heavy atom. The lowest BCUT2D eigenvalue weighted by Crippen LogP contribution is -2.15. The van der Waals surface area contributed by atoms with Crippen molar-refractivity contribution in [3.05, 3.63) is 59.7 Å². The number of benzene rings is 2. The maximum absolute atomic E-state index is 10.0. The van der Waals surface area contributed by atoms with Crippen LogP contribution in [0.25, 0.3) is 0 Å². The van der Waals surface area contributed by atoms with Crippen LogP contribution in [-0.4, -0.2) is 41.2 Å². The third-order valence-electron chi connectivity index (χ3n) is 4.03. The zero-order valence-corrected chi connectivity index (χ0v) is 15.3. The highest BCUT2D eigenvalue weighted by atomic mass is 16.5. The molecule has 0 fully saturated rings. The van der Waals surface area contributed by atoms with Crippen molar-refractivity contribution in [1.29, 1.82) is 5.41 Å². The van der Waals surface area contributed by atoms with E-state index in [0.717, 1.165) is 5.56 Å². The number of nitrogen functional groups attached to an aromatic ring is 1. The first-order valence-electron chi connectivity index (χ1n) is 8.67. The van der Waals surface area contributed by atoms with Gasteiger partial charge in [-0.2, -0.15) is 0 Å². The van der Waals surface area contributed by atoms with Crippen LogP contribution >= 0.6 is 0 Å². The summed E-state index contributed by atoms with van der Waals surface area (Å²) in [5.41, 5.74) is 7.40. The number of aliphatic hydroxyl groups is 1. The molecule has 5 N–H and O–H groups in total. The Balaban J connectivity index is 1.66. The third-order valence-corrected chi connectivity index (χ3v) is 4.03. The van der Waals surface area contributed by atoms with Crippen LogP contribution in [0.3, 0.4) is 0 Å². The van der Waals surface area contributed by atoms with E-state index in [2.05, 4.69) is 5.16 Å². The van der Waals surface area contributed by atoms with Crippen LogP contribution in [-0.2, 0) is 0 Å². The Hall–Kier alpha value is -3.06. The van der Waals surface area contributed by atoms with Crippen LogP contribution in [0, 0.1) is 5.41 Å². The molecular weight excluding hydrogens is 346 g/mol. The number of nitrogens with one attached hydrogen (secondary N) is 1. The Labute approximate surface area is 158 Å². The zero-order valence-electron chi connectivity index (χ0n) is 15.3. The van der Waals surface area contributed by atoms with Gasteiger partial charge in [0.2, 0.25) is 0 Å². The zero-order chi connectivity index (χ0) is 19.6. The van der Waals surface area contributed by atoms with Crippen LogP contribution in [0.15, 0.2) is 53.7 Å². The summed E-state index contributed by atoms with van der Waals surface area (Å²) >= 11 is 0. The van der Waals surface area contributed by atoms with Crippen LogP contribution in [0.1, 0.15) is 30.9 Å². The average molecular weight is 371 g/mol. The number of aliphatic hydroxyl groups excluding tert-OH is 1. The van der Waals surface area contributed by atoms with Crippen molar-refractivity contribution in [2.75, 3.05) is 13.2 Å². The number of nitrogens with zero attached hydrogens (tertiary/aromatic N) is 1. The van der Waals surface area contributed by atoms with Gasteiger partial charge in [0.25, 0.3) is 0 Å². The lowest BCUT2D eigenvalue weighted by atomic mass is 10.1. The van der Waals surface area contributed by atoms with Crippen LogP contribution in [0.4, 0.5) is 0 Å². The molecule has 7 nitrogen and oxygen atoms in total. The van der Waals surface area contributed by atoms with Crippen molar-refractivity contribution in [3.8, 4) is 11.5 Å². The fraction of sp³-hybridized carbons (Fsp3) is 0.300. The van der Waals surface area contributed by atoms with Crippen molar-refractivity contribution in [2.45, 2.75) is 25.9 Å². The van der Waals surface area contributed by atoms with Gasteiger partial charge in [-0.05, 0) is 61.0 Å². The second-order valence-electron chi connectivity index (χ2n) is 6.08. The highest BCUT2D eigenvalue weighted by Gasteiger charge is 2.06. The maximum atomic E-state index is 10.0. The first kappa shape index (κ1) is 20.3. The van der Waals surface area contributed by atoms with Crippen molar-refractivity contribution in [2.24, 2.45) is 10.9 Å². The molecule has 7 heteroatoms. The number of rotatable bonds is 10. The highest BCUT2D eigenvalue weighted by Crippen LogP contribution is 2.15. The molecule has 0 aliphatic carbocycles. The molecule has 2 aromatic carbocycles. The molecule has 0 aliphatic heterocycles. The normalized spacial score (nSPS) is 12.4. The monoisotopic (exact) mass is 371 g/mol. The molecular formula is C20H25N3O4. The molecule has 0 amide bonds. The van der Waals surface area contributed by atoms with E-state index in [9.17, 15) is 5.11 Å². The maximum Gasteiger partial charge on any atom is 0.122 e. The highest BCUT2D eigenvalue weighted by molar-refractivity contribution is 5.98. The topological polar surface area (TPSA) is 121 Å². The first-order chi connectivity index (χ1) is 13.0. The van der Waals surface area contributed by atoms with Crippen molar-refractivity contribution < 1.29 is 19.8 Å². The first-order valence-corrected chi connectivity index (χ1v) is 8.67. The summed E-state index contributed by atoms with van der Waals surface area (Å²) < 4.78 is 11.2. The molecule has 0 bridgehead atoms. The summed E-state index contributed by atoms with van der Waals surface area (Å²) in [5.74, 6) is 1.38. The van der Waals surface area contributed by atoms with Gasteiger partial charge in [-0.1, -0.05) is 5.16 Å². The van der Waals surface area contributed by atoms with Gasteiger partial charge in [-0.15, -0.1) is 0 Å². The Morgan fingerprint density at radius 2 is 1.41 bits per heavy atom. The molecule has 27 heavy (non-hydrogen) atoms. The molecule has 0 saturated heterocycles. The smallest absolute Gasteiger partial charge is 0.122 e. The largest absolute Gasteiger partial charge is 0.493 e.